The van der Waals surface area contributed by atoms with Crippen LogP contribution in [0.2, 0.25) is 0 Å². The number of hydrogen-bond donors (Lipinski definition) is 1. The summed E-state index contributed by atoms with van der Waals surface area (Å²) in [5.74, 6) is -0.247. The van der Waals surface area contributed by atoms with Gasteiger partial charge in [-0.2, -0.15) is 17.4 Å². The van der Waals surface area contributed by atoms with Crippen LogP contribution in [0, 0.1) is 13.8 Å². The Morgan fingerprint density at radius 2 is 1.83 bits per heavy atom. The summed E-state index contributed by atoms with van der Waals surface area (Å²) >= 11 is 0. The molecule has 18 heavy (non-hydrogen) atoms. The summed E-state index contributed by atoms with van der Waals surface area (Å²) in [6, 6.07) is 5.32. The van der Waals surface area contributed by atoms with Crippen LogP contribution in [-0.4, -0.2) is 39.1 Å². The molecule has 0 aliphatic heterocycles. The fraction of sp³-hybridized carbons (Fsp3) is 0.417. The highest BCUT2D eigenvalue weighted by atomic mass is 32.2. The highest BCUT2D eigenvalue weighted by Gasteiger charge is 2.15. The number of ketones is 1. The van der Waals surface area contributed by atoms with Crippen LogP contribution in [0.3, 0.4) is 0 Å². The van der Waals surface area contributed by atoms with E-state index in [0.29, 0.717) is 5.56 Å². The Hall–Kier alpha value is -1.24. The van der Waals surface area contributed by atoms with Crippen molar-refractivity contribution >= 4 is 16.0 Å². The van der Waals surface area contributed by atoms with Gasteiger partial charge in [-0.1, -0.05) is 12.1 Å². The van der Waals surface area contributed by atoms with Gasteiger partial charge in [-0.15, -0.1) is 0 Å². The molecule has 1 aromatic rings. The van der Waals surface area contributed by atoms with Crippen molar-refractivity contribution in [1.29, 1.82) is 0 Å². The molecule has 6 heteroatoms. The van der Waals surface area contributed by atoms with Gasteiger partial charge in [0.15, 0.2) is 5.78 Å². The van der Waals surface area contributed by atoms with E-state index in [1.165, 1.54) is 14.1 Å². The molecule has 0 spiro atoms. The first-order valence-corrected chi connectivity index (χ1v) is 6.95. The van der Waals surface area contributed by atoms with Crippen LogP contribution in [0.4, 0.5) is 0 Å². The number of benzene rings is 1. The maximum Gasteiger partial charge on any atom is 0.279 e. The Kier molecular flexibility index (Phi) is 4.61. The standard InChI is InChI=1S/C12H18N2O3S/c1-9-5-6-11(7-10(9)2)12(15)8-13-18(16,17)14(3)4/h5-7,13H,8H2,1-4H3. The van der Waals surface area contributed by atoms with Gasteiger partial charge < -0.3 is 0 Å². The van der Waals surface area contributed by atoms with Crippen LogP contribution in [0.5, 0.6) is 0 Å². The number of hydrogen-bond acceptors (Lipinski definition) is 3. The summed E-state index contributed by atoms with van der Waals surface area (Å²) in [5.41, 5.74) is 2.62. The van der Waals surface area contributed by atoms with E-state index in [0.717, 1.165) is 15.4 Å². The molecule has 0 aromatic heterocycles. The Labute approximate surface area is 108 Å². The van der Waals surface area contributed by atoms with E-state index in [-0.39, 0.29) is 12.3 Å². The first-order valence-electron chi connectivity index (χ1n) is 5.51. The molecular formula is C12H18N2O3S. The molecule has 0 amide bonds. The van der Waals surface area contributed by atoms with Crippen molar-refractivity contribution in [3.05, 3.63) is 34.9 Å². The zero-order chi connectivity index (χ0) is 13.9. The van der Waals surface area contributed by atoms with Gasteiger partial charge in [0, 0.05) is 19.7 Å². The van der Waals surface area contributed by atoms with Crippen molar-refractivity contribution in [2.24, 2.45) is 0 Å². The monoisotopic (exact) mass is 270 g/mol. The van der Waals surface area contributed by atoms with E-state index in [2.05, 4.69) is 4.72 Å². The van der Waals surface area contributed by atoms with Crippen molar-refractivity contribution in [3.8, 4) is 0 Å². The van der Waals surface area contributed by atoms with Crippen LogP contribution in [0.25, 0.3) is 0 Å². The maximum absolute atomic E-state index is 11.8. The van der Waals surface area contributed by atoms with Crippen LogP contribution in [0.1, 0.15) is 21.5 Å². The van der Waals surface area contributed by atoms with Gasteiger partial charge in [0.25, 0.3) is 10.2 Å². The lowest BCUT2D eigenvalue weighted by molar-refractivity contribution is 0.0996. The third kappa shape index (κ3) is 3.63. The third-order valence-corrected chi connectivity index (χ3v) is 4.20. The van der Waals surface area contributed by atoms with Crippen molar-refractivity contribution in [3.63, 3.8) is 0 Å². The average Bonchev–Trinajstić information content (AvgIpc) is 2.29. The van der Waals surface area contributed by atoms with Gasteiger partial charge in [0.2, 0.25) is 0 Å². The normalized spacial score (nSPS) is 11.8. The highest BCUT2D eigenvalue weighted by molar-refractivity contribution is 7.87. The second kappa shape index (κ2) is 5.60. The van der Waals surface area contributed by atoms with E-state index in [9.17, 15) is 13.2 Å². The van der Waals surface area contributed by atoms with E-state index >= 15 is 0 Å². The number of carbonyl (C=O) groups excluding carboxylic acids is 1. The van der Waals surface area contributed by atoms with Gasteiger partial charge >= 0.3 is 0 Å². The molecule has 0 aliphatic carbocycles. The third-order valence-electron chi connectivity index (χ3n) is 2.72. The predicted octanol–water partition coefficient (Wildman–Crippen LogP) is 0.882. The molecule has 1 aromatic carbocycles. The topological polar surface area (TPSA) is 66.5 Å². The van der Waals surface area contributed by atoms with Gasteiger partial charge in [0.05, 0.1) is 6.54 Å². The van der Waals surface area contributed by atoms with Gasteiger partial charge in [-0.25, -0.2) is 0 Å². The molecule has 0 fully saturated rings. The molecule has 0 unspecified atom stereocenters. The fourth-order valence-corrected chi connectivity index (χ4v) is 1.87. The summed E-state index contributed by atoms with van der Waals surface area (Å²) in [5, 5.41) is 0. The average molecular weight is 270 g/mol. The Bertz CT molecular complexity index is 550. The predicted molar refractivity (Wildman–Crippen MR) is 70.9 cm³/mol. The molecule has 5 nitrogen and oxygen atoms in total. The second-order valence-electron chi connectivity index (χ2n) is 4.33. The number of aryl methyl sites for hydroxylation is 2. The molecule has 0 heterocycles. The quantitative estimate of drug-likeness (QED) is 0.808. The molecule has 1 rings (SSSR count). The van der Waals surface area contributed by atoms with Crippen LogP contribution < -0.4 is 4.72 Å². The van der Waals surface area contributed by atoms with Crippen LogP contribution >= 0.6 is 0 Å². The molecule has 0 radical (unpaired) electrons. The number of rotatable bonds is 5. The lowest BCUT2D eigenvalue weighted by Gasteiger charge is -2.12. The summed E-state index contributed by atoms with van der Waals surface area (Å²) in [6.45, 7) is 3.64. The van der Waals surface area contributed by atoms with Crippen molar-refractivity contribution in [1.82, 2.24) is 9.03 Å². The van der Waals surface area contributed by atoms with Crippen molar-refractivity contribution in [2.45, 2.75) is 13.8 Å². The molecule has 0 saturated heterocycles. The maximum atomic E-state index is 11.8. The molecule has 0 bridgehead atoms. The molecule has 1 N–H and O–H groups in total. The number of nitrogens with one attached hydrogen (secondary N) is 1. The Morgan fingerprint density at radius 3 is 2.33 bits per heavy atom. The molecule has 0 saturated carbocycles. The summed E-state index contributed by atoms with van der Waals surface area (Å²) in [4.78, 5) is 11.8. The zero-order valence-electron chi connectivity index (χ0n) is 11.0. The number of nitrogens with zero attached hydrogens (tertiary/aromatic N) is 1. The largest absolute Gasteiger partial charge is 0.293 e. The smallest absolute Gasteiger partial charge is 0.279 e. The minimum Gasteiger partial charge on any atom is -0.293 e. The SMILES string of the molecule is Cc1ccc(C(=O)CNS(=O)(=O)N(C)C)cc1C. The minimum atomic E-state index is -3.56. The molecular weight excluding hydrogens is 252 g/mol. The second-order valence-corrected chi connectivity index (χ2v) is 6.30. The molecule has 0 aliphatic rings. The minimum absolute atomic E-state index is 0.233. The van der Waals surface area contributed by atoms with Crippen LogP contribution in [-0.2, 0) is 10.2 Å². The summed E-state index contributed by atoms with van der Waals surface area (Å²) in [7, 11) is -0.746. The van der Waals surface area contributed by atoms with Gasteiger partial charge in [-0.3, -0.25) is 4.79 Å². The first-order chi connectivity index (χ1) is 8.24. The first kappa shape index (κ1) is 14.8. The zero-order valence-corrected chi connectivity index (χ0v) is 11.8. The molecule has 0 atom stereocenters. The Balaban J connectivity index is 2.75. The lowest BCUT2D eigenvalue weighted by Crippen LogP contribution is -2.38. The van der Waals surface area contributed by atoms with E-state index in [4.69, 9.17) is 0 Å². The summed E-state index contributed by atoms with van der Waals surface area (Å²) < 4.78 is 26.2. The Morgan fingerprint density at radius 1 is 1.22 bits per heavy atom. The van der Waals surface area contributed by atoms with Gasteiger partial charge in [-0.05, 0) is 31.0 Å². The van der Waals surface area contributed by atoms with E-state index < -0.39 is 10.2 Å². The van der Waals surface area contributed by atoms with E-state index in [1.54, 1.807) is 12.1 Å². The lowest BCUT2D eigenvalue weighted by atomic mass is 10.0. The number of Topliss-reactive ketones (excluding diaryl/α,β-unsaturated/α-hetero) is 1. The van der Waals surface area contributed by atoms with Gasteiger partial charge in [0.1, 0.15) is 0 Å². The number of carbonyl (C=O) groups is 1. The van der Waals surface area contributed by atoms with E-state index in [1.807, 2.05) is 19.9 Å². The molecule has 100 valence electrons. The van der Waals surface area contributed by atoms with Crippen molar-refractivity contribution < 1.29 is 13.2 Å². The highest BCUT2D eigenvalue weighted by Crippen LogP contribution is 2.10. The fourth-order valence-electron chi connectivity index (χ4n) is 1.30. The van der Waals surface area contributed by atoms with Crippen LogP contribution in [0.15, 0.2) is 18.2 Å². The van der Waals surface area contributed by atoms with Crippen molar-refractivity contribution in [2.75, 3.05) is 20.6 Å². The summed E-state index contributed by atoms with van der Waals surface area (Å²) in [6.07, 6.45) is 0.